The molecule has 2 aliphatic rings. The number of nitrogens with zero attached hydrogens (tertiary/aromatic N) is 3. The fraction of sp³-hybridized carbons (Fsp3) is 0.583. The van der Waals surface area contributed by atoms with Crippen LogP contribution in [0.15, 0.2) is 18.6 Å². The highest BCUT2D eigenvalue weighted by Crippen LogP contribution is 2.32. The molecule has 1 aromatic heterocycles. The van der Waals surface area contributed by atoms with Crippen LogP contribution in [0.5, 0.6) is 5.88 Å². The molecule has 1 aromatic rings. The average Bonchev–Trinajstić information content (AvgIpc) is 3.11. The molecule has 0 spiro atoms. The second kappa shape index (κ2) is 4.31. The molecule has 3 rings (SSSR count). The smallest absolute Gasteiger partial charge is 0.225 e. The molecule has 0 bridgehead atoms. The second-order valence-electron chi connectivity index (χ2n) is 4.63. The van der Waals surface area contributed by atoms with Crippen LogP contribution in [0, 0.1) is 5.92 Å². The first-order chi connectivity index (χ1) is 8.33. The average molecular weight is 233 g/mol. The lowest BCUT2D eigenvalue weighted by Crippen LogP contribution is -2.32. The summed E-state index contributed by atoms with van der Waals surface area (Å²) >= 11 is 0. The van der Waals surface area contributed by atoms with Gasteiger partial charge in [-0.05, 0) is 12.8 Å². The van der Waals surface area contributed by atoms with Crippen molar-refractivity contribution in [2.75, 3.05) is 13.1 Å². The van der Waals surface area contributed by atoms with E-state index in [1.54, 1.807) is 12.3 Å². The van der Waals surface area contributed by atoms with Crippen molar-refractivity contribution in [3.05, 3.63) is 18.6 Å². The van der Waals surface area contributed by atoms with Crippen LogP contribution in [0.25, 0.3) is 0 Å². The first-order valence-electron chi connectivity index (χ1n) is 6.04. The van der Waals surface area contributed by atoms with Crippen molar-refractivity contribution in [2.45, 2.75) is 25.4 Å². The van der Waals surface area contributed by atoms with Gasteiger partial charge < -0.3 is 9.64 Å². The Morgan fingerprint density at radius 1 is 1.41 bits per heavy atom. The number of aromatic nitrogens is 2. The minimum atomic E-state index is 0.0765. The van der Waals surface area contributed by atoms with E-state index in [1.165, 1.54) is 6.33 Å². The molecule has 1 amide bonds. The molecule has 5 nitrogen and oxygen atoms in total. The summed E-state index contributed by atoms with van der Waals surface area (Å²) in [5.41, 5.74) is 0. The van der Waals surface area contributed by atoms with E-state index >= 15 is 0 Å². The number of carbonyl (C=O) groups excluding carboxylic acids is 1. The van der Waals surface area contributed by atoms with E-state index < -0.39 is 0 Å². The zero-order valence-electron chi connectivity index (χ0n) is 9.58. The Morgan fingerprint density at radius 2 is 2.29 bits per heavy atom. The molecule has 2 heterocycles. The predicted octanol–water partition coefficient (Wildman–Crippen LogP) is 0.866. The summed E-state index contributed by atoms with van der Waals surface area (Å²) in [6.45, 7) is 1.50. The molecule has 0 N–H and O–H groups in total. The maximum absolute atomic E-state index is 11.9. The van der Waals surface area contributed by atoms with E-state index in [2.05, 4.69) is 9.97 Å². The highest BCUT2D eigenvalue weighted by Gasteiger charge is 2.37. The summed E-state index contributed by atoms with van der Waals surface area (Å²) in [5.74, 6) is 1.19. The molecule has 0 unspecified atom stereocenters. The fourth-order valence-corrected chi connectivity index (χ4v) is 2.13. The molecule has 0 aromatic carbocycles. The third-order valence-electron chi connectivity index (χ3n) is 3.23. The lowest BCUT2D eigenvalue weighted by Gasteiger charge is -2.16. The summed E-state index contributed by atoms with van der Waals surface area (Å²) in [5, 5.41) is 0. The van der Waals surface area contributed by atoms with E-state index in [9.17, 15) is 4.79 Å². The zero-order valence-corrected chi connectivity index (χ0v) is 9.58. The lowest BCUT2D eigenvalue weighted by molar-refractivity contribution is -0.131. The van der Waals surface area contributed by atoms with Crippen molar-refractivity contribution in [3.8, 4) is 5.88 Å². The van der Waals surface area contributed by atoms with Gasteiger partial charge in [0.1, 0.15) is 12.4 Å². The summed E-state index contributed by atoms with van der Waals surface area (Å²) in [7, 11) is 0. The van der Waals surface area contributed by atoms with Gasteiger partial charge >= 0.3 is 0 Å². The number of likely N-dealkylation sites (tertiary alicyclic amines) is 1. The van der Waals surface area contributed by atoms with Gasteiger partial charge in [0.05, 0.1) is 6.54 Å². The molecular weight excluding hydrogens is 218 g/mol. The standard InChI is InChI=1S/C12H15N3O2/c16-12(9-1-2-9)15-6-4-10(7-15)17-11-3-5-13-8-14-11/h3,5,8-10H,1-2,4,6-7H2/t10-/m0/s1. The van der Waals surface area contributed by atoms with Crippen molar-refractivity contribution in [2.24, 2.45) is 5.92 Å². The number of hydrogen-bond donors (Lipinski definition) is 0. The molecule has 1 aliphatic carbocycles. The van der Waals surface area contributed by atoms with Crippen molar-refractivity contribution in [1.82, 2.24) is 14.9 Å². The van der Waals surface area contributed by atoms with E-state index in [4.69, 9.17) is 4.74 Å². The van der Waals surface area contributed by atoms with Crippen molar-refractivity contribution >= 4 is 5.91 Å². The highest BCUT2D eigenvalue weighted by atomic mass is 16.5. The van der Waals surface area contributed by atoms with Crippen LogP contribution in [-0.4, -0.2) is 40.0 Å². The molecule has 2 fully saturated rings. The third-order valence-corrected chi connectivity index (χ3v) is 3.23. The Balaban J connectivity index is 1.55. The van der Waals surface area contributed by atoms with Crippen LogP contribution in [0.4, 0.5) is 0 Å². The SMILES string of the molecule is O=C(C1CC1)N1CC[C@H](Oc2ccncn2)C1. The highest BCUT2D eigenvalue weighted by molar-refractivity contribution is 5.81. The second-order valence-corrected chi connectivity index (χ2v) is 4.63. The van der Waals surface area contributed by atoms with Crippen LogP contribution in [0.3, 0.4) is 0 Å². The van der Waals surface area contributed by atoms with Crippen LogP contribution in [0.1, 0.15) is 19.3 Å². The van der Waals surface area contributed by atoms with E-state index in [0.717, 1.165) is 25.8 Å². The van der Waals surface area contributed by atoms with Gasteiger partial charge in [0.2, 0.25) is 11.8 Å². The van der Waals surface area contributed by atoms with Gasteiger partial charge in [-0.3, -0.25) is 4.79 Å². The Hall–Kier alpha value is -1.65. The number of hydrogen-bond acceptors (Lipinski definition) is 4. The summed E-state index contributed by atoms with van der Waals surface area (Å²) in [4.78, 5) is 21.6. The van der Waals surface area contributed by atoms with Gasteiger partial charge in [-0.15, -0.1) is 0 Å². The number of amides is 1. The Kier molecular flexibility index (Phi) is 2.66. The van der Waals surface area contributed by atoms with Crippen LogP contribution in [0.2, 0.25) is 0 Å². The molecular formula is C12H15N3O2. The predicted molar refractivity (Wildman–Crippen MR) is 60.4 cm³/mol. The van der Waals surface area contributed by atoms with Gasteiger partial charge in [0.25, 0.3) is 0 Å². The lowest BCUT2D eigenvalue weighted by atomic mass is 10.3. The first-order valence-corrected chi connectivity index (χ1v) is 6.04. The zero-order chi connectivity index (χ0) is 11.7. The summed E-state index contributed by atoms with van der Waals surface area (Å²) < 4.78 is 5.71. The Morgan fingerprint density at radius 3 is 3.00 bits per heavy atom. The summed E-state index contributed by atoms with van der Waals surface area (Å²) in [6.07, 6.45) is 6.22. The minimum Gasteiger partial charge on any atom is -0.472 e. The topological polar surface area (TPSA) is 55.3 Å². The fourth-order valence-electron chi connectivity index (χ4n) is 2.13. The van der Waals surface area contributed by atoms with Crippen LogP contribution < -0.4 is 4.74 Å². The molecule has 1 saturated carbocycles. The van der Waals surface area contributed by atoms with Gasteiger partial charge in [0.15, 0.2) is 0 Å². The van der Waals surface area contributed by atoms with E-state index in [1.807, 2.05) is 4.90 Å². The quantitative estimate of drug-likeness (QED) is 0.777. The Labute approximate surface area is 99.8 Å². The van der Waals surface area contributed by atoms with E-state index in [-0.39, 0.29) is 6.10 Å². The minimum absolute atomic E-state index is 0.0765. The normalized spacial score (nSPS) is 23.8. The van der Waals surface area contributed by atoms with E-state index in [0.29, 0.717) is 24.2 Å². The number of carbonyl (C=O) groups is 1. The first kappa shape index (κ1) is 10.5. The maximum Gasteiger partial charge on any atom is 0.225 e. The third kappa shape index (κ3) is 2.38. The number of rotatable bonds is 3. The van der Waals surface area contributed by atoms with Crippen LogP contribution in [-0.2, 0) is 4.79 Å². The van der Waals surface area contributed by atoms with Gasteiger partial charge in [-0.25, -0.2) is 9.97 Å². The van der Waals surface area contributed by atoms with Gasteiger partial charge in [-0.2, -0.15) is 0 Å². The number of ether oxygens (including phenoxy) is 1. The molecule has 5 heteroatoms. The molecule has 17 heavy (non-hydrogen) atoms. The monoisotopic (exact) mass is 233 g/mol. The van der Waals surface area contributed by atoms with Gasteiger partial charge in [0, 0.05) is 31.1 Å². The molecule has 1 aliphatic heterocycles. The molecule has 1 atom stereocenters. The molecule has 1 saturated heterocycles. The van der Waals surface area contributed by atoms with Crippen molar-refractivity contribution in [3.63, 3.8) is 0 Å². The van der Waals surface area contributed by atoms with Crippen molar-refractivity contribution < 1.29 is 9.53 Å². The summed E-state index contributed by atoms with van der Waals surface area (Å²) in [6, 6.07) is 1.74. The largest absolute Gasteiger partial charge is 0.472 e. The molecule has 90 valence electrons. The maximum atomic E-state index is 11.9. The molecule has 0 radical (unpaired) electrons. The van der Waals surface area contributed by atoms with Crippen LogP contribution >= 0.6 is 0 Å². The van der Waals surface area contributed by atoms with Crippen molar-refractivity contribution in [1.29, 1.82) is 0 Å². The van der Waals surface area contributed by atoms with Gasteiger partial charge in [-0.1, -0.05) is 0 Å². The Bertz CT molecular complexity index is 405.